The molecule has 542 valence electrons. The summed E-state index contributed by atoms with van der Waals surface area (Å²) in [5, 5.41) is 108. The molecule has 0 spiro atoms. The number of nitrogens with zero attached hydrogens (tertiary/aromatic N) is 6. The van der Waals surface area contributed by atoms with Crippen LogP contribution in [0.5, 0.6) is 0 Å². The van der Waals surface area contributed by atoms with Crippen LogP contribution in [0.15, 0.2) is 28.3 Å². The van der Waals surface area contributed by atoms with E-state index >= 15 is 4.79 Å². The largest absolute Gasteiger partial charge is 0.441 e. The van der Waals surface area contributed by atoms with Gasteiger partial charge in [0.25, 0.3) is 11.8 Å². The molecule has 19 atom stereocenters. The molecular formula is C55H84N20O21S2. The van der Waals surface area contributed by atoms with E-state index in [0.717, 1.165) is 12.5 Å². The number of carbonyl (C=O) groups is 8. The molecule has 6 rings (SSSR count). The van der Waals surface area contributed by atoms with Crippen LogP contribution in [-0.2, 0) is 54.1 Å². The zero-order chi connectivity index (χ0) is 72.4. The molecule has 98 heavy (non-hydrogen) atoms. The fourth-order valence-electron chi connectivity index (χ4n) is 9.88. The monoisotopic (exact) mass is 1420 g/mol. The number of primary amides is 3. The van der Waals surface area contributed by atoms with Crippen LogP contribution in [0, 0.1) is 12.8 Å². The molecule has 7 unspecified atom stereocenters. The molecule has 29 N–H and O–H groups in total. The molecule has 0 aromatic carbocycles. The third-order valence-corrected chi connectivity index (χ3v) is 17.2. The molecular weight excluding hydrogens is 1340 g/mol. The van der Waals surface area contributed by atoms with Gasteiger partial charge in [0.05, 0.1) is 72.7 Å². The van der Waals surface area contributed by atoms with E-state index in [0.29, 0.717) is 41.6 Å². The average molecular weight is 1430 g/mol. The standard InChI is InChI=1S/C55H84N20O21S2/c1-19-32(72-45(75-43(19)58)24(11-30(57)79)67-12-23(56)44(59)85)49(89)74-34(40(25-13-63-18-68-25)94-53-42(38(83)36(81)28(14-76)93-53)95-52-39(84)41(96-55(62)91)37(82)29(15-77)92-52)50(90)69-21(3)35(80)20(2)46(86)73-33(22(4)78)48(88)65-10-7-31-70-27(17-97-31)51-71-26(16-98-51)47(87)64-8-5-6-9-66-54(60)61/h13,16-18,20-24,28-29,33-42,52-53,67,76-78,80-84H,5-12,14-15,56H2,1-4H3,(H2,57,79)(H2,59,85)(H2,62,91)(H,63,68)(H,64,87)(H,65,88)(H,69,90)(H,73,86)(H,74,89)(H2,58,72,75)(H4,60,61,66)/t20-,21+,22+,23-,24-,28?,29?,33?,34-,35-,36+,37+,38?,39?,40-,41?,42?,52+,53-/m0/s1. The highest BCUT2D eigenvalue weighted by Gasteiger charge is 2.54. The number of rotatable bonds is 36. The van der Waals surface area contributed by atoms with Crippen molar-refractivity contribution in [1.82, 2.24) is 61.8 Å². The number of aliphatic hydroxyl groups excluding tert-OH is 8. The van der Waals surface area contributed by atoms with Gasteiger partial charge in [-0.1, -0.05) is 6.92 Å². The topological polar surface area (TPSA) is 691 Å². The predicted molar refractivity (Wildman–Crippen MR) is 340 cm³/mol. The Labute approximate surface area is 565 Å². The first kappa shape index (κ1) is 78.6. The van der Waals surface area contributed by atoms with Gasteiger partial charge in [-0.15, -0.1) is 22.7 Å². The number of guanidine groups is 1. The molecule has 4 aromatic rings. The first-order valence-electron chi connectivity index (χ1n) is 30.4. The maximum absolute atomic E-state index is 15.2. The number of ether oxygens (including phenoxy) is 5. The van der Waals surface area contributed by atoms with E-state index in [1.165, 1.54) is 50.4 Å². The van der Waals surface area contributed by atoms with Crippen molar-refractivity contribution in [1.29, 1.82) is 0 Å². The summed E-state index contributed by atoms with van der Waals surface area (Å²) in [5.41, 5.74) is 38.6. The number of aliphatic imine (C=N–C) groups is 1. The van der Waals surface area contributed by atoms with Gasteiger partial charge in [-0.25, -0.2) is 29.7 Å². The van der Waals surface area contributed by atoms with Gasteiger partial charge in [-0.05, 0) is 33.6 Å². The maximum Gasteiger partial charge on any atom is 0.404 e. The quantitative estimate of drug-likeness (QED) is 0.0114. The van der Waals surface area contributed by atoms with E-state index in [-0.39, 0.29) is 60.0 Å². The van der Waals surface area contributed by atoms with Crippen molar-refractivity contribution in [3.8, 4) is 10.7 Å². The van der Waals surface area contributed by atoms with E-state index in [1.54, 1.807) is 10.8 Å². The lowest BCUT2D eigenvalue weighted by molar-refractivity contribution is -0.372. The van der Waals surface area contributed by atoms with Crippen LogP contribution in [0.4, 0.5) is 10.6 Å². The Kier molecular flexibility index (Phi) is 29.2. The van der Waals surface area contributed by atoms with Crippen molar-refractivity contribution < 1.29 is 103 Å². The van der Waals surface area contributed by atoms with Crippen LogP contribution < -0.4 is 72.0 Å². The first-order chi connectivity index (χ1) is 46.3. The van der Waals surface area contributed by atoms with Crippen LogP contribution in [-0.4, -0.2) is 261 Å². The Morgan fingerprint density at radius 1 is 0.765 bits per heavy atom. The van der Waals surface area contributed by atoms with Crippen molar-refractivity contribution in [2.75, 3.05) is 45.1 Å². The van der Waals surface area contributed by atoms with Gasteiger partial charge >= 0.3 is 6.09 Å². The van der Waals surface area contributed by atoms with Gasteiger partial charge in [-0.2, -0.15) is 0 Å². The Hall–Kier alpha value is -8.38. The number of unbranched alkanes of at least 4 members (excludes halogenated alkanes) is 1. The van der Waals surface area contributed by atoms with E-state index < -0.39 is 183 Å². The van der Waals surface area contributed by atoms with E-state index in [4.69, 9.17) is 63.8 Å². The zero-order valence-electron chi connectivity index (χ0n) is 53.3. The number of imidazole rings is 1. The fourth-order valence-corrected chi connectivity index (χ4v) is 11.5. The normalized spacial score (nSPS) is 23.6. The van der Waals surface area contributed by atoms with Crippen LogP contribution in [0.2, 0.25) is 0 Å². The molecule has 0 radical (unpaired) electrons. The van der Waals surface area contributed by atoms with Crippen LogP contribution in [0.25, 0.3) is 10.7 Å². The molecule has 0 saturated carbocycles. The Bertz CT molecular complexity index is 3380. The summed E-state index contributed by atoms with van der Waals surface area (Å²) in [4.78, 5) is 135. The molecule has 41 nitrogen and oxygen atoms in total. The maximum atomic E-state index is 15.2. The molecule has 4 aromatic heterocycles. The molecule has 2 fully saturated rings. The number of hydrogen-bond donors (Lipinski definition) is 22. The third-order valence-electron chi connectivity index (χ3n) is 15.4. The fraction of sp³-hybridized carbons (Fsp3) is 0.600. The van der Waals surface area contributed by atoms with Crippen LogP contribution >= 0.6 is 22.7 Å². The zero-order valence-corrected chi connectivity index (χ0v) is 54.9. The number of aromatic nitrogens is 6. The van der Waals surface area contributed by atoms with E-state index in [1.807, 2.05) is 0 Å². The number of aromatic amines is 1. The molecule has 6 heterocycles. The summed E-state index contributed by atoms with van der Waals surface area (Å²) in [6.45, 7) is 3.39. The second-order valence-corrected chi connectivity index (χ2v) is 24.6. The van der Waals surface area contributed by atoms with Crippen molar-refractivity contribution >= 4 is 81.9 Å². The summed E-state index contributed by atoms with van der Waals surface area (Å²) in [6, 6.07) is -7.89. The number of amides is 8. The smallest absolute Gasteiger partial charge is 0.404 e. The number of nitrogen functional groups attached to an aromatic ring is 1. The predicted octanol–water partition coefficient (Wildman–Crippen LogP) is -8.92. The number of carbonyl (C=O) groups excluding carboxylic acids is 8. The van der Waals surface area contributed by atoms with E-state index in [9.17, 15) is 74.4 Å². The first-order valence-corrected chi connectivity index (χ1v) is 32.1. The average Bonchev–Trinajstić information content (AvgIpc) is 0.925. The van der Waals surface area contributed by atoms with Crippen molar-refractivity contribution in [2.45, 2.75) is 163 Å². The molecule has 2 aliphatic heterocycles. The lowest BCUT2D eigenvalue weighted by Gasteiger charge is -2.47. The second kappa shape index (κ2) is 36.5. The summed E-state index contributed by atoms with van der Waals surface area (Å²) < 4.78 is 28.7. The minimum absolute atomic E-state index is 0.0175. The summed E-state index contributed by atoms with van der Waals surface area (Å²) in [7, 11) is 0. The third kappa shape index (κ3) is 21.1. The van der Waals surface area contributed by atoms with Gasteiger partial charge < -0.3 is 142 Å². The lowest BCUT2D eigenvalue weighted by atomic mass is 9.96. The lowest BCUT2D eigenvalue weighted by Crippen LogP contribution is -2.65. The summed E-state index contributed by atoms with van der Waals surface area (Å²) in [5.74, 6) is -8.85. The van der Waals surface area contributed by atoms with Crippen molar-refractivity contribution in [2.24, 2.45) is 45.3 Å². The van der Waals surface area contributed by atoms with Crippen molar-refractivity contribution in [3.05, 3.63) is 56.8 Å². The number of nitrogens with one attached hydrogen (secondary N) is 7. The number of thiazole rings is 2. The molecule has 0 aliphatic carbocycles. The van der Waals surface area contributed by atoms with Gasteiger partial charge in [0.15, 0.2) is 24.6 Å². The van der Waals surface area contributed by atoms with Gasteiger partial charge in [0.1, 0.15) is 94.6 Å². The van der Waals surface area contributed by atoms with Crippen molar-refractivity contribution in [3.63, 3.8) is 0 Å². The summed E-state index contributed by atoms with van der Waals surface area (Å²) in [6.07, 6.45) is -23.9. The van der Waals surface area contributed by atoms with Crippen LogP contribution in [0.3, 0.4) is 0 Å². The highest BCUT2D eigenvalue weighted by Crippen LogP contribution is 2.35. The second-order valence-electron chi connectivity index (χ2n) is 22.8. The molecule has 2 saturated heterocycles. The SMILES string of the molecule is Cc1c(N)nc([C@H](CC(N)=O)NC[C@H](N)C(N)=O)nc1C(=O)N[C@H](C(=O)N[C@H](C)[C@@H](O)[C@H](C)C(=O)NC(C(=O)NCCc1nc(-c2nc(C(=O)NCCCCN=C(N)N)cs2)cs1)[C@@H](C)O)[C@@H](O[C@@H]1OC(CO)[C@@H](O)C(O)C1O[C@H]1OC(CO)[C@@H](O)C(OC(N)=O)C1O)c1cnc[nH]1. The minimum atomic E-state index is -2.20. The molecule has 8 amide bonds. The number of H-pyrrole nitrogens is 1. The van der Waals surface area contributed by atoms with E-state index in [2.05, 4.69) is 66.8 Å². The Morgan fingerprint density at radius 2 is 1.46 bits per heavy atom. The highest BCUT2D eigenvalue weighted by atomic mass is 32.1. The number of hydrogen-bond acceptors (Lipinski definition) is 32. The van der Waals surface area contributed by atoms with Gasteiger partial charge in [0, 0.05) is 55.3 Å². The Morgan fingerprint density at radius 3 is 2.09 bits per heavy atom. The van der Waals surface area contributed by atoms with Gasteiger partial charge in [-0.3, -0.25) is 38.6 Å². The minimum Gasteiger partial charge on any atom is -0.441 e. The molecule has 43 heteroatoms. The number of aliphatic hydroxyl groups is 8. The van der Waals surface area contributed by atoms with Crippen LogP contribution in [0.1, 0.15) is 95.2 Å². The van der Waals surface area contributed by atoms with Gasteiger partial charge in [0.2, 0.25) is 29.5 Å². The number of anilines is 1. The Balaban J connectivity index is 1.24. The summed E-state index contributed by atoms with van der Waals surface area (Å²) >= 11 is 2.46. The number of nitrogens with two attached hydrogens (primary N) is 7. The molecule has 0 bridgehead atoms. The highest BCUT2D eigenvalue weighted by molar-refractivity contribution is 7.14. The molecule has 2 aliphatic rings.